The minimum atomic E-state index is -4.58. The van der Waals surface area contributed by atoms with Crippen molar-refractivity contribution in [2.24, 2.45) is 0 Å². The molecule has 1 aromatic heterocycles. The molecule has 29 heavy (non-hydrogen) atoms. The van der Waals surface area contributed by atoms with Crippen LogP contribution in [0.1, 0.15) is 41.0 Å². The summed E-state index contributed by atoms with van der Waals surface area (Å²) in [5.41, 5.74) is 1.30. The number of rotatable bonds is 3. The van der Waals surface area contributed by atoms with Crippen molar-refractivity contribution in [3.8, 4) is 11.6 Å². The molecular formula is C20H17F3N2O3S. The fraction of sp³-hybridized carbons (Fsp3) is 0.350. The van der Waals surface area contributed by atoms with E-state index >= 15 is 0 Å². The van der Waals surface area contributed by atoms with Gasteiger partial charge in [-0.3, -0.25) is 14.9 Å². The second kappa shape index (κ2) is 7.37. The smallest absolute Gasteiger partial charge is 0.421 e. The van der Waals surface area contributed by atoms with Crippen molar-refractivity contribution in [2.45, 2.75) is 43.5 Å². The van der Waals surface area contributed by atoms with Crippen molar-refractivity contribution < 1.29 is 27.5 Å². The van der Waals surface area contributed by atoms with Crippen molar-refractivity contribution in [1.82, 2.24) is 10.3 Å². The lowest BCUT2D eigenvalue weighted by molar-refractivity contribution is -0.139. The molecule has 1 N–H and O–H groups in total. The van der Waals surface area contributed by atoms with Crippen LogP contribution in [0.4, 0.5) is 18.0 Å². The van der Waals surface area contributed by atoms with E-state index in [9.17, 15) is 22.8 Å². The van der Waals surface area contributed by atoms with Crippen LogP contribution >= 0.6 is 11.8 Å². The zero-order valence-electron chi connectivity index (χ0n) is 15.4. The van der Waals surface area contributed by atoms with Gasteiger partial charge in [0, 0.05) is 12.1 Å². The first-order valence-corrected chi connectivity index (χ1v) is 9.96. The van der Waals surface area contributed by atoms with Crippen LogP contribution in [0, 0.1) is 6.92 Å². The molecule has 9 heteroatoms. The number of amides is 2. The van der Waals surface area contributed by atoms with Gasteiger partial charge in [0.25, 0.3) is 5.24 Å². The zero-order valence-corrected chi connectivity index (χ0v) is 16.2. The average Bonchev–Trinajstić information content (AvgIpc) is 2.99. The predicted molar refractivity (Wildman–Crippen MR) is 101 cm³/mol. The summed E-state index contributed by atoms with van der Waals surface area (Å²) in [5.74, 6) is -0.651. The maximum Gasteiger partial charge on any atom is 0.421 e. The van der Waals surface area contributed by atoms with Gasteiger partial charge in [0.2, 0.25) is 11.8 Å². The predicted octanol–water partition coefficient (Wildman–Crippen LogP) is 4.97. The standard InChI is InChI=1S/C20H17F3N2O3S/c1-10-7-15(20(21,22)23)18(24-9-10)28-12-5-6-13-11(8-12)3-2-4-14(13)16-17(26)25-19(27)29-16/h5-9,14,16H,2-4H2,1H3,(H,25,26,27)/t14-,16?/m1/s1. The van der Waals surface area contributed by atoms with Crippen LogP contribution in [0.5, 0.6) is 11.6 Å². The number of ether oxygens (including phenoxy) is 1. The maximum atomic E-state index is 13.3. The third-order valence-corrected chi connectivity index (χ3v) is 6.18. The zero-order chi connectivity index (χ0) is 20.8. The van der Waals surface area contributed by atoms with Crippen molar-refractivity contribution in [2.75, 3.05) is 0 Å². The number of carbonyl (C=O) groups is 2. The van der Waals surface area contributed by atoms with E-state index in [0.29, 0.717) is 5.56 Å². The number of nitrogens with one attached hydrogen (secondary N) is 1. The molecule has 2 amide bonds. The molecule has 2 aliphatic rings. The number of pyridine rings is 1. The molecule has 1 aliphatic carbocycles. The van der Waals surface area contributed by atoms with Gasteiger partial charge in [-0.05, 0) is 61.1 Å². The van der Waals surface area contributed by atoms with Gasteiger partial charge in [-0.1, -0.05) is 17.8 Å². The fourth-order valence-corrected chi connectivity index (χ4v) is 4.80. The Morgan fingerprint density at radius 3 is 2.72 bits per heavy atom. The number of halogens is 3. The Hall–Kier alpha value is -2.55. The largest absolute Gasteiger partial charge is 0.438 e. The number of alkyl halides is 3. The molecule has 0 saturated carbocycles. The number of thioether (sulfide) groups is 1. The van der Waals surface area contributed by atoms with E-state index in [1.54, 1.807) is 18.2 Å². The fourth-order valence-electron chi connectivity index (χ4n) is 3.79. The minimum Gasteiger partial charge on any atom is -0.438 e. The van der Waals surface area contributed by atoms with Crippen LogP contribution in [0.25, 0.3) is 0 Å². The lowest BCUT2D eigenvalue weighted by Crippen LogP contribution is -2.30. The van der Waals surface area contributed by atoms with Crippen LogP contribution in [-0.2, 0) is 17.4 Å². The molecule has 2 heterocycles. The summed E-state index contributed by atoms with van der Waals surface area (Å²) in [7, 11) is 0. The van der Waals surface area contributed by atoms with Crippen LogP contribution < -0.4 is 10.1 Å². The Kier molecular flexibility index (Phi) is 5.02. The molecule has 1 fully saturated rings. The molecule has 1 saturated heterocycles. The minimum absolute atomic E-state index is 0.118. The van der Waals surface area contributed by atoms with Gasteiger partial charge < -0.3 is 4.74 Å². The number of aromatic nitrogens is 1. The first-order chi connectivity index (χ1) is 13.7. The summed E-state index contributed by atoms with van der Waals surface area (Å²) in [4.78, 5) is 27.4. The van der Waals surface area contributed by atoms with E-state index in [1.807, 2.05) is 0 Å². The Balaban J connectivity index is 1.63. The molecule has 2 aromatic rings. The van der Waals surface area contributed by atoms with Gasteiger partial charge in [-0.15, -0.1) is 0 Å². The molecule has 0 spiro atoms. The maximum absolute atomic E-state index is 13.3. The Bertz CT molecular complexity index is 993. The monoisotopic (exact) mass is 422 g/mol. The van der Waals surface area contributed by atoms with Crippen molar-refractivity contribution in [3.05, 3.63) is 52.7 Å². The number of aryl methyl sites for hydroxylation is 2. The number of hydrogen-bond acceptors (Lipinski definition) is 5. The number of imide groups is 1. The number of benzene rings is 1. The molecule has 1 aromatic carbocycles. The van der Waals surface area contributed by atoms with Crippen molar-refractivity contribution >= 4 is 22.9 Å². The molecule has 1 unspecified atom stereocenters. The highest BCUT2D eigenvalue weighted by molar-refractivity contribution is 8.15. The van der Waals surface area contributed by atoms with Crippen LogP contribution in [-0.4, -0.2) is 21.4 Å². The number of fused-ring (bicyclic) bond motifs is 1. The Morgan fingerprint density at radius 1 is 1.24 bits per heavy atom. The van der Waals surface area contributed by atoms with Gasteiger partial charge in [-0.2, -0.15) is 13.2 Å². The summed E-state index contributed by atoms with van der Waals surface area (Å²) in [6.45, 7) is 1.53. The van der Waals surface area contributed by atoms with Gasteiger partial charge in [0.05, 0.1) is 0 Å². The highest BCUT2D eigenvalue weighted by Crippen LogP contribution is 2.43. The van der Waals surface area contributed by atoms with Crippen LogP contribution in [0.2, 0.25) is 0 Å². The second-order valence-corrected chi connectivity index (χ2v) is 8.25. The SMILES string of the molecule is Cc1cnc(Oc2ccc3c(c2)CCC[C@H]3C2SC(=O)NC2=O)c(C(F)(F)F)c1. The summed E-state index contributed by atoms with van der Waals surface area (Å²) in [5, 5.41) is 1.48. The van der Waals surface area contributed by atoms with E-state index in [4.69, 9.17) is 4.74 Å². The topological polar surface area (TPSA) is 68.3 Å². The van der Waals surface area contributed by atoms with Crippen molar-refractivity contribution in [1.29, 1.82) is 0 Å². The number of carbonyl (C=O) groups excluding carboxylic acids is 2. The molecule has 152 valence electrons. The molecule has 0 bridgehead atoms. The van der Waals surface area contributed by atoms with Gasteiger partial charge in [0.1, 0.15) is 16.6 Å². The quantitative estimate of drug-likeness (QED) is 0.756. The summed E-state index contributed by atoms with van der Waals surface area (Å²) < 4.78 is 45.4. The Morgan fingerprint density at radius 2 is 2.03 bits per heavy atom. The van der Waals surface area contributed by atoms with Crippen LogP contribution in [0.3, 0.4) is 0 Å². The number of hydrogen-bond donors (Lipinski definition) is 1. The van der Waals surface area contributed by atoms with E-state index in [1.165, 1.54) is 13.1 Å². The van der Waals surface area contributed by atoms with E-state index < -0.39 is 22.9 Å². The average molecular weight is 422 g/mol. The van der Waals surface area contributed by atoms with Gasteiger partial charge in [-0.25, -0.2) is 4.98 Å². The molecule has 1 aliphatic heterocycles. The lowest BCUT2D eigenvalue weighted by atomic mass is 9.80. The van der Waals surface area contributed by atoms with E-state index in [-0.39, 0.29) is 22.8 Å². The summed E-state index contributed by atoms with van der Waals surface area (Å²) in [6.07, 6.45) is -0.942. The lowest BCUT2D eigenvalue weighted by Gasteiger charge is -2.28. The first-order valence-electron chi connectivity index (χ1n) is 9.08. The van der Waals surface area contributed by atoms with Crippen LogP contribution in [0.15, 0.2) is 30.5 Å². The third kappa shape index (κ3) is 3.96. The molecule has 0 radical (unpaired) electrons. The third-order valence-electron chi connectivity index (χ3n) is 5.07. The number of nitrogens with zero attached hydrogens (tertiary/aromatic N) is 1. The molecular weight excluding hydrogens is 405 g/mol. The highest BCUT2D eigenvalue weighted by atomic mass is 32.2. The Labute approximate surface area is 169 Å². The van der Waals surface area contributed by atoms with Crippen molar-refractivity contribution in [3.63, 3.8) is 0 Å². The van der Waals surface area contributed by atoms with Gasteiger partial charge in [0.15, 0.2) is 0 Å². The summed E-state index contributed by atoms with van der Waals surface area (Å²) >= 11 is 0.991. The van der Waals surface area contributed by atoms with E-state index in [2.05, 4.69) is 10.3 Å². The first kappa shape index (κ1) is 19.8. The molecule has 2 atom stereocenters. The summed E-state index contributed by atoms with van der Waals surface area (Å²) in [6, 6.07) is 6.05. The molecule has 4 rings (SSSR count). The van der Waals surface area contributed by atoms with E-state index in [0.717, 1.165) is 48.2 Å². The van der Waals surface area contributed by atoms with Gasteiger partial charge >= 0.3 is 6.18 Å². The second-order valence-electron chi connectivity index (χ2n) is 7.14. The molecule has 5 nitrogen and oxygen atoms in total. The normalized spacial score (nSPS) is 21.7. The highest BCUT2D eigenvalue weighted by Gasteiger charge is 2.40.